The van der Waals surface area contributed by atoms with Crippen LogP contribution >= 0.6 is 0 Å². The average Bonchev–Trinajstić information content (AvgIpc) is 3.65. The van der Waals surface area contributed by atoms with Crippen LogP contribution in [0.4, 0.5) is 8.78 Å². The first-order valence-corrected chi connectivity index (χ1v) is 21.5. The third-order valence-corrected chi connectivity index (χ3v) is 13.2. The molecule has 4 aliphatic heterocycles. The second kappa shape index (κ2) is 19.2. The summed E-state index contributed by atoms with van der Waals surface area (Å²) < 4.78 is 29.9. The fourth-order valence-corrected chi connectivity index (χ4v) is 10.4. The minimum absolute atomic E-state index is 0.0644. The second-order valence-electron chi connectivity index (χ2n) is 16.4. The number of fused-ring (bicyclic) bond motifs is 8. The number of allylic oxidation sites excluding steroid dienone is 2. The first kappa shape index (κ1) is 44.5. The molecule has 0 unspecified atom stereocenters. The van der Waals surface area contributed by atoms with Crippen molar-refractivity contribution in [1.82, 2.24) is 29.6 Å². The molecule has 6 heterocycles. The molecule has 2 saturated heterocycles. The molecule has 8 rings (SSSR count). The first-order chi connectivity index (χ1) is 30.0. The topological polar surface area (TPSA) is 149 Å². The van der Waals surface area contributed by atoms with Gasteiger partial charge in [0.15, 0.2) is 0 Å². The van der Waals surface area contributed by atoms with Gasteiger partial charge >= 0.3 is 0 Å². The van der Waals surface area contributed by atoms with Gasteiger partial charge in [0, 0.05) is 85.8 Å². The van der Waals surface area contributed by atoms with E-state index in [9.17, 15) is 38.2 Å². The van der Waals surface area contributed by atoms with Crippen LogP contribution in [0.1, 0.15) is 73.4 Å². The fraction of sp³-hybridized carbons (Fsp3) is 0.417. The molecule has 14 heteroatoms. The number of amides is 2. The molecule has 4 aliphatic rings. The molecule has 0 saturated carbocycles. The lowest BCUT2D eigenvalue weighted by Crippen LogP contribution is -2.46. The van der Waals surface area contributed by atoms with Crippen LogP contribution in [0, 0.1) is 35.3 Å². The van der Waals surface area contributed by atoms with Crippen LogP contribution in [-0.4, -0.2) is 79.3 Å². The summed E-state index contributed by atoms with van der Waals surface area (Å²) in [4.78, 5) is 57.1. The van der Waals surface area contributed by atoms with Gasteiger partial charge in [-0.05, 0) is 86.6 Å². The Labute approximate surface area is 360 Å². The summed E-state index contributed by atoms with van der Waals surface area (Å²) in [5.41, 5.74) is 4.34. The number of carbonyl (C=O) groups is 2. The highest BCUT2D eigenvalue weighted by atomic mass is 19.1. The van der Waals surface area contributed by atoms with Crippen molar-refractivity contribution >= 4 is 24.0 Å². The number of rotatable bonds is 12. The van der Waals surface area contributed by atoms with Gasteiger partial charge in [-0.1, -0.05) is 62.4 Å². The molecular formula is C48H56F2N6O6. The smallest absolute Gasteiger partial charge is 0.258 e. The highest BCUT2D eigenvalue weighted by molar-refractivity contribution is 5.81. The summed E-state index contributed by atoms with van der Waals surface area (Å²) in [6, 6.07) is 18.8. The maximum atomic E-state index is 13.3. The minimum Gasteiger partial charge on any atom is -0.396 e. The van der Waals surface area contributed by atoms with E-state index in [4.69, 9.17) is 0 Å². The Kier molecular flexibility index (Phi) is 13.8. The third-order valence-electron chi connectivity index (χ3n) is 13.2. The van der Waals surface area contributed by atoms with Gasteiger partial charge in [0.1, 0.15) is 11.6 Å². The van der Waals surface area contributed by atoms with Gasteiger partial charge in [-0.3, -0.25) is 29.0 Å². The van der Waals surface area contributed by atoms with Crippen LogP contribution in [0.5, 0.6) is 0 Å². The first-order valence-electron chi connectivity index (χ1n) is 21.5. The number of aromatic nitrogens is 2. The van der Waals surface area contributed by atoms with Gasteiger partial charge in [-0.25, -0.2) is 8.78 Å². The van der Waals surface area contributed by atoms with Gasteiger partial charge in [-0.15, -0.1) is 0 Å². The van der Waals surface area contributed by atoms with Gasteiger partial charge in [0.25, 0.3) is 11.1 Å². The van der Waals surface area contributed by atoms with Crippen molar-refractivity contribution in [2.45, 2.75) is 78.0 Å². The number of benzene rings is 2. The second-order valence-corrected chi connectivity index (χ2v) is 16.4. The number of pyridine rings is 2. The number of aliphatic hydroxyl groups is 2. The summed E-state index contributed by atoms with van der Waals surface area (Å²) in [7, 11) is 0. The van der Waals surface area contributed by atoms with E-state index in [1.54, 1.807) is 45.6 Å². The highest BCUT2D eigenvalue weighted by Gasteiger charge is 2.56. The zero-order valence-corrected chi connectivity index (χ0v) is 35.6. The van der Waals surface area contributed by atoms with Crippen molar-refractivity contribution in [2.75, 3.05) is 26.3 Å². The maximum Gasteiger partial charge on any atom is 0.258 e. The summed E-state index contributed by atoms with van der Waals surface area (Å²) >= 11 is 0. The number of aliphatic hydroxyl groups excluding tert-OH is 2. The molecule has 12 nitrogen and oxygen atoms in total. The maximum absolute atomic E-state index is 13.3. The molecule has 2 aromatic carbocycles. The number of halogens is 2. The van der Waals surface area contributed by atoms with Gasteiger partial charge in [-0.2, -0.15) is 0 Å². The van der Waals surface area contributed by atoms with E-state index in [1.807, 2.05) is 64.1 Å². The summed E-state index contributed by atoms with van der Waals surface area (Å²) in [5.74, 6) is -2.46. The van der Waals surface area contributed by atoms with E-state index >= 15 is 0 Å². The number of likely N-dealkylation sites (N-methyl/N-ethyl adjacent to an activating group) is 2. The number of hydrogen-bond acceptors (Lipinski definition) is 8. The van der Waals surface area contributed by atoms with Crippen LogP contribution in [0.25, 0.3) is 12.2 Å². The Morgan fingerprint density at radius 3 is 1.32 bits per heavy atom. The fourth-order valence-electron chi connectivity index (χ4n) is 10.4. The lowest BCUT2D eigenvalue weighted by atomic mass is 9.86. The van der Waals surface area contributed by atoms with E-state index < -0.39 is 11.8 Å². The van der Waals surface area contributed by atoms with Crippen molar-refractivity contribution in [3.63, 3.8) is 0 Å². The molecule has 4 aromatic rings. The van der Waals surface area contributed by atoms with E-state index in [1.165, 1.54) is 24.3 Å². The molecular weight excluding hydrogens is 795 g/mol. The van der Waals surface area contributed by atoms with Gasteiger partial charge in [0.2, 0.25) is 11.8 Å². The van der Waals surface area contributed by atoms with Crippen LogP contribution in [-0.2, 0) is 35.8 Å². The molecule has 4 bridgehead atoms. The monoisotopic (exact) mass is 850 g/mol. The molecule has 2 fully saturated rings. The van der Waals surface area contributed by atoms with Crippen molar-refractivity contribution in [3.05, 3.63) is 151 Å². The molecule has 0 spiro atoms. The van der Waals surface area contributed by atoms with E-state index in [2.05, 4.69) is 20.4 Å². The van der Waals surface area contributed by atoms with Gasteiger partial charge in [0.05, 0.1) is 23.9 Å². The average molecular weight is 851 g/mol. The van der Waals surface area contributed by atoms with Gasteiger partial charge < -0.3 is 30.0 Å². The molecule has 62 heavy (non-hydrogen) atoms. The number of carbonyl (C=O) groups excluding carboxylic acids is 2. The van der Waals surface area contributed by atoms with Crippen LogP contribution in [0.2, 0.25) is 0 Å². The Morgan fingerprint density at radius 2 is 1.00 bits per heavy atom. The van der Waals surface area contributed by atoms with Crippen molar-refractivity contribution in [2.24, 2.45) is 23.7 Å². The quantitative estimate of drug-likeness (QED) is 0.161. The molecule has 8 atom stereocenters. The number of nitrogens with zero attached hydrogens (tertiary/aromatic N) is 4. The normalized spacial score (nSPS) is 25.0. The summed E-state index contributed by atoms with van der Waals surface area (Å²) in [5, 5.41) is 26.3. The predicted octanol–water partition coefficient (Wildman–Crippen LogP) is 4.64. The minimum atomic E-state index is -0.476. The Hall–Kier alpha value is -5.54. The predicted molar refractivity (Wildman–Crippen MR) is 233 cm³/mol. The van der Waals surface area contributed by atoms with Crippen LogP contribution in [0.15, 0.2) is 94.5 Å². The van der Waals surface area contributed by atoms with Crippen LogP contribution in [0.3, 0.4) is 0 Å². The lowest BCUT2D eigenvalue weighted by Gasteiger charge is -2.37. The highest BCUT2D eigenvalue weighted by Crippen LogP contribution is 2.49. The van der Waals surface area contributed by atoms with E-state index in [0.717, 1.165) is 35.6 Å². The van der Waals surface area contributed by atoms with Crippen molar-refractivity contribution < 1.29 is 28.6 Å². The summed E-state index contributed by atoms with van der Waals surface area (Å²) in [6.45, 7) is 10.5. The Balaban J connectivity index is 0.000000186. The zero-order valence-electron chi connectivity index (χ0n) is 35.6. The standard InChI is InChI=1S/2C24H28FN3O3/c2*1-3-5-16-8-11-19-22-21(23(30)26-12-15-6-9-17(25)10-7-15)18(14-29)20(27(22)4-2)13-28(19)24(16)31/h2*3,5-11,18,20-22,29H,4,12-14H2,1-2H3,(H,26,30)/b5-3+;5-3-/t2*18-,20-,21+,22+/m11/s1. The van der Waals surface area contributed by atoms with E-state index in [-0.39, 0.29) is 96.9 Å². The van der Waals surface area contributed by atoms with Crippen LogP contribution < -0.4 is 21.8 Å². The molecule has 4 N–H and O–H groups in total. The molecule has 2 aromatic heterocycles. The lowest BCUT2D eigenvalue weighted by molar-refractivity contribution is -0.128. The molecule has 0 aliphatic carbocycles. The number of hydrogen-bond donors (Lipinski definition) is 4. The molecule has 2 amide bonds. The Bertz CT molecular complexity index is 2260. The number of nitrogens with one attached hydrogen (secondary N) is 2. The van der Waals surface area contributed by atoms with Crippen molar-refractivity contribution in [3.8, 4) is 0 Å². The molecule has 328 valence electrons. The zero-order chi connectivity index (χ0) is 44.2. The van der Waals surface area contributed by atoms with Crippen molar-refractivity contribution in [1.29, 1.82) is 0 Å². The van der Waals surface area contributed by atoms with E-state index in [0.29, 0.717) is 24.2 Å². The summed E-state index contributed by atoms with van der Waals surface area (Å²) in [6.07, 6.45) is 7.25. The third kappa shape index (κ3) is 8.36. The Morgan fingerprint density at radius 1 is 0.629 bits per heavy atom. The molecule has 0 radical (unpaired) electrons. The largest absolute Gasteiger partial charge is 0.396 e. The SMILES string of the molecule is C/C=C/c1ccc2n(c1=O)C[C@@H]1[C@@H](CO)[C@H](C(=O)NCc3ccc(F)cc3)[C@H]2N1CC.C/C=C\c1ccc2n(c1=O)C[C@@H]1[C@@H](CO)[C@H](C(=O)NCc3ccc(F)cc3)[C@H]2N1CC.